The van der Waals surface area contributed by atoms with E-state index in [-0.39, 0.29) is 23.5 Å². The Morgan fingerprint density at radius 1 is 1.22 bits per heavy atom. The standard InChI is InChI=1S/C18H20BrN3O5/c19-11-5-6-13-12(7-11)14(15(27-13)16(20)23)22-17(24)10-3-1-9(2-4-10)8-21-18(25)26/h5-7,9-10,21H,1-4,8H2,(H2,20,23)(H,22,24)(H,25,26). The fraction of sp³-hybridized carbons (Fsp3) is 0.389. The van der Waals surface area contributed by atoms with Crippen LogP contribution in [0.3, 0.4) is 0 Å². The predicted octanol–water partition coefficient (Wildman–Crippen LogP) is 3.31. The van der Waals surface area contributed by atoms with Gasteiger partial charge in [-0.1, -0.05) is 15.9 Å². The fourth-order valence-electron chi connectivity index (χ4n) is 3.45. The summed E-state index contributed by atoms with van der Waals surface area (Å²) in [6.45, 7) is 0.399. The van der Waals surface area contributed by atoms with Gasteiger partial charge in [0.05, 0.1) is 0 Å². The van der Waals surface area contributed by atoms with Crippen molar-refractivity contribution in [3.63, 3.8) is 0 Å². The first-order chi connectivity index (χ1) is 12.8. The highest BCUT2D eigenvalue weighted by Crippen LogP contribution is 2.35. The van der Waals surface area contributed by atoms with E-state index in [9.17, 15) is 14.4 Å². The molecule has 0 aliphatic heterocycles. The molecule has 0 bridgehead atoms. The van der Waals surface area contributed by atoms with E-state index in [1.807, 2.05) is 0 Å². The Hall–Kier alpha value is -2.55. The Balaban J connectivity index is 1.71. The Labute approximate surface area is 163 Å². The molecule has 0 spiro atoms. The number of hydrogen-bond donors (Lipinski definition) is 4. The summed E-state index contributed by atoms with van der Waals surface area (Å²) >= 11 is 3.37. The number of carbonyl (C=O) groups is 3. The second-order valence-electron chi connectivity index (χ2n) is 6.70. The summed E-state index contributed by atoms with van der Waals surface area (Å²) in [5.41, 5.74) is 6.15. The van der Waals surface area contributed by atoms with Gasteiger partial charge in [0.15, 0.2) is 0 Å². The second-order valence-corrected chi connectivity index (χ2v) is 7.62. The zero-order valence-corrected chi connectivity index (χ0v) is 16.0. The van der Waals surface area contributed by atoms with E-state index in [1.54, 1.807) is 18.2 Å². The number of primary amides is 1. The molecule has 144 valence electrons. The molecule has 8 nitrogen and oxygen atoms in total. The van der Waals surface area contributed by atoms with Crippen molar-refractivity contribution in [1.29, 1.82) is 0 Å². The zero-order chi connectivity index (χ0) is 19.6. The molecule has 3 rings (SSSR count). The number of carboxylic acid groups (broad SMARTS) is 1. The number of benzene rings is 1. The number of nitrogens with two attached hydrogens (primary N) is 1. The second kappa shape index (κ2) is 7.99. The maximum Gasteiger partial charge on any atom is 0.404 e. The largest absolute Gasteiger partial charge is 0.465 e. The number of carbonyl (C=O) groups excluding carboxylic acids is 2. The lowest BCUT2D eigenvalue weighted by Gasteiger charge is -2.27. The molecule has 27 heavy (non-hydrogen) atoms. The van der Waals surface area contributed by atoms with E-state index in [1.165, 1.54) is 0 Å². The van der Waals surface area contributed by atoms with Gasteiger partial charge in [0.2, 0.25) is 11.7 Å². The van der Waals surface area contributed by atoms with Crippen LogP contribution in [0.1, 0.15) is 36.2 Å². The monoisotopic (exact) mass is 437 g/mol. The Morgan fingerprint density at radius 3 is 2.56 bits per heavy atom. The summed E-state index contributed by atoms with van der Waals surface area (Å²) in [4.78, 5) is 35.0. The average Bonchev–Trinajstić information content (AvgIpc) is 2.98. The van der Waals surface area contributed by atoms with E-state index < -0.39 is 12.0 Å². The minimum Gasteiger partial charge on any atom is -0.465 e. The molecule has 3 amide bonds. The van der Waals surface area contributed by atoms with Gasteiger partial charge in [-0.05, 0) is 49.8 Å². The van der Waals surface area contributed by atoms with Crippen LogP contribution in [0.2, 0.25) is 0 Å². The Kier molecular flexibility index (Phi) is 5.69. The summed E-state index contributed by atoms with van der Waals surface area (Å²) in [5, 5.41) is 14.5. The number of hydrogen-bond acceptors (Lipinski definition) is 4. The van der Waals surface area contributed by atoms with E-state index in [0.29, 0.717) is 36.0 Å². The summed E-state index contributed by atoms with van der Waals surface area (Å²) in [7, 11) is 0. The lowest BCUT2D eigenvalue weighted by Crippen LogP contribution is -2.33. The summed E-state index contributed by atoms with van der Waals surface area (Å²) in [6.07, 6.45) is 1.80. The third kappa shape index (κ3) is 4.41. The van der Waals surface area contributed by atoms with E-state index >= 15 is 0 Å². The normalized spacial score (nSPS) is 19.6. The van der Waals surface area contributed by atoms with Crippen LogP contribution in [-0.4, -0.2) is 29.6 Å². The minimum atomic E-state index is -1.04. The molecule has 9 heteroatoms. The first-order valence-corrected chi connectivity index (χ1v) is 9.44. The fourth-order valence-corrected chi connectivity index (χ4v) is 3.81. The summed E-state index contributed by atoms with van der Waals surface area (Å²) < 4.78 is 6.29. The minimum absolute atomic E-state index is 0.0733. The van der Waals surface area contributed by atoms with Crippen LogP contribution in [0, 0.1) is 11.8 Å². The van der Waals surface area contributed by atoms with E-state index in [0.717, 1.165) is 17.3 Å². The number of rotatable bonds is 5. The van der Waals surface area contributed by atoms with Crippen LogP contribution in [0.5, 0.6) is 0 Å². The van der Waals surface area contributed by atoms with Gasteiger partial charge in [0, 0.05) is 22.3 Å². The summed E-state index contributed by atoms with van der Waals surface area (Å²) in [5.74, 6) is -0.984. The molecule has 1 fully saturated rings. The molecule has 1 aliphatic carbocycles. The van der Waals surface area contributed by atoms with E-state index in [2.05, 4.69) is 26.6 Å². The number of halogens is 1. The molecule has 1 heterocycles. The summed E-state index contributed by atoms with van der Waals surface area (Å²) in [6, 6.07) is 5.23. The van der Waals surface area contributed by atoms with Gasteiger partial charge < -0.3 is 25.9 Å². The van der Waals surface area contributed by atoms with Crippen molar-refractivity contribution >= 4 is 50.5 Å². The molecule has 1 saturated carbocycles. The van der Waals surface area contributed by atoms with Crippen LogP contribution in [-0.2, 0) is 4.79 Å². The topological polar surface area (TPSA) is 135 Å². The lowest BCUT2D eigenvalue weighted by molar-refractivity contribution is -0.121. The Morgan fingerprint density at radius 2 is 1.93 bits per heavy atom. The van der Waals surface area contributed by atoms with Crippen molar-refractivity contribution in [1.82, 2.24) is 5.32 Å². The van der Waals surface area contributed by atoms with Gasteiger partial charge in [-0.25, -0.2) is 4.79 Å². The molecular weight excluding hydrogens is 418 g/mol. The molecular formula is C18H20BrN3O5. The predicted molar refractivity (Wildman–Crippen MR) is 103 cm³/mol. The number of amides is 3. The molecule has 1 aromatic heterocycles. The van der Waals surface area contributed by atoms with Gasteiger partial charge in [-0.2, -0.15) is 0 Å². The van der Waals surface area contributed by atoms with E-state index in [4.69, 9.17) is 15.3 Å². The quantitative estimate of drug-likeness (QED) is 0.568. The number of anilines is 1. The molecule has 0 atom stereocenters. The van der Waals surface area contributed by atoms with Crippen molar-refractivity contribution in [2.45, 2.75) is 25.7 Å². The molecule has 1 aromatic carbocycles. The van der Waals surface area contributed by atoms with Crippen LogP contribution in [0.15, 0.2) is 27.1 Å². The molecule has 0 saturated heterocycles. The average molecular weight is 438 g/mol. The third-order valence-electron chi connectivity index (χ3n) is 4.88. The number of fused-ring (bicyclic) bond motifs is 1. The van der Waals surface area contributed by atoms with Gasteiger partial charge in [0.1, 0.15) is 11.3 Å². The van der Waals surface area contributed by atoms with Gasteiger partial charge in [-0.3, -0.25) is 9.59 Å². The number of furan rings is 1. The van der Waals surface area contributed by atoms with Crippen LogP contribution in [0.25, 0.3) is 11.0 Å². The maximum absolute atomic E-state index is 12.7. The zero-order valence-electron chi connectivity index (χ0n) is 14.5. The smallest absolute Gasteiger partial charge is 0.404 e. The number of nitrogens with one attached hydrogen (secondary N) is 2. The van der Waals surface area contributed by atoms with Crippen LogP contribution in [0.4, 0.5) is 10.5 Å². The first kappa shape index (κ1) is 19.2. The van der Waals surface area contributed by atoms with Crippen LogP contribution < -0.4 is 16.4 Å². The molecule has 2 aromatic rings. The highest BCUT2D eigenvalue weighted by molar-refractivity contribution is 9.10. The van der Waals surface area contributed by atoms with Crippen molar-refractivity contribution in [3.8, 4) is 0 Å². The van der Waals surface area contributed by atoms with Gasteiger partial charge in [0.25, 0.3) is 5.91 Å². The molecule has 5 N–H and O–H groups in total. The van der Waals surface area contributed by atoms with Crippen molar-refractivity contribution in [2.24, 2.45) is 17.6 Å². The Bertz CT molecular complexity index is 886. The molecule has 1 aliphatic rings. The highest BCUT2D eigenvalue weighted by Gasteiger charge is 2.29. The highest BCUT2D eigenvalue weighted by atomic mass is 79.9. The van der Waals surface area contributed by atoms with Crippen molar-refractivity contribution in [2.75, 3.05) is 11.9 Å². The molecule has 0 unspecified atom stereocenters. The third-order valence-corrected chi connectivity index (χ3v) is 5.37. The SMILES string of the molecule is NC(=O)c1oc2ccc(Br)cc2c1NC(=O)C1CCC(CNC(=O)O)CC1. The van der Waals surface area contributed by atoms with Crippen molar-refractivity contribution < 1.29 is 23.9 Å². The van der Waals surface area contributed by atoms with Crippen molar-refractivity contribution in [3.05, 3.63) is 28.4 Å². The van der Waals surface area contributed by atoms with Gasteiger partial charge in [-0.15, -0.1) is 0 Å². The maximum atomic E-state index is 12.7. The van der Waals surface area contributed by atoms with Crippen LogP contribution >= 0.6 is 15.9 Å². The lowest BCUT2D eigenvalue weighted by atomic mass is 9.81. The first-order valence-electron chi connectivity index (χ1n) is 8.64. The molecule has 0 radical (unpaired) electrons. The van der Waals surface area contributed by atoms with Gasteiger partial charge >= 0.3 is 6.09 Å².